The second kappa shape index (κ2) is 9.14. The normalized spacial score (nSPS) is 10.9. The molecule has 0 aliphatic heterocycles. The third-order valence-electron chi connectivity index (χ3n) is 4.25. The maximum absolute atomic E-state index is 13.1. The Labute approximate surface area is 171 Å². The van der Waals surface area contributed by atoms with E-state index < -0.39 is 24.1 Å². The van der Waals surface area contributed by atoms with Gasteiger partial charge in [-0.1, -0.05) is 48.5 Å². The van der Waals surface area contributed by atoms with Gasteiger partial charge in [-0.15, -0.1) is 0 Å². The first-order valence-electron chi connectivity index (χ1n) is 9.04. The largest absolute Gasteiger partial charge is 0.455 e. The van der Waals surface area contributed by atoms with E-state index in [1.54, 1.807) is 18.2 Å². The zero-order chi connectivity index (χ0) is 21.6. The third-order valence-corrected chi connectivity index (χ3v) is 4.25. The lowest BCUT2D eigenvalue weighted by Crippen LogP contribution is -2.13. The topological polar surface area (TPSA) is 62.1 Å². The van der Waals surface area contributed by atoms with Crippen LogP contribution in [0.25, 0.3) is 0 Å². The molecule has 0 aliphatic rings. The minimum Gasteiger partial charge on any atom is -0.455 e. The SMILES string of the molecule is N#CCC(=O)Nc1cc(C(F)(F)F)ccc1Oc1ccccc1Cc1ccccc1. The predicted molar refractivity (Wildman–Crippen MR) is 106 cm³/mol. The summed E-state index contributed by atoms with van der Waals surface area (Å²) in [5, 5.41) is 11.0. The van der Waals surface area contributed by atoms with Crippen LogP contribution in [0, 0.1) is 11.3 Å². The van der Waals surface area contributed by atoms with E-state index in [1.807, 2.05) is 42.5 Å². The highest BCUT2D eigenvalue weighted by Gasteiger charge is 2.31. The Kier molecular flexibility index (Phi) is 6.38. The summed E-state index contributed by atoms with van der Waals surface area (Å²) in [4.78, 5) is 11.8. The first-order valence-corrected chi connectivity index (χ1v) is 9.04. The molecule has 1 N–H and O–H groups in total. The van der Waals surface area contributed by atoms with Gasteiger partial charge in [-0.05, 0) is 35.4 Å². The van der Waals surface area contributed by atoms with Gasteiger partial charge in [0, 0.05) is 6.42 Å². The van der Waals surface area contributed by atoms with Gasteiger partial charge in [0.05, 0.1) is 17.3 Å². The fourth-order valence-corrected chi connectivity index (χ4v) is 2.84. The van der Waals surface area contributed by atoms with Crippen LogP contribution < -0.4 is 10.1 Å². The molecule has 0 unspecified atom stereocenters. The zero-order valence-electron chi connectivity index (χ0n) is 15.7. The quantitative estimate of drug-likeness (QED) is 0.547. The number of amides is 1. The number of nitriles is 1. The maximum atomic E-state index is 13.1. The molecule has 4 nitrogen and oxygen atoms in total. The molecule has 0 heterocycles. The number of alkyl halides is 3. The van der Waals surface area contributed by atoms with Gasteiger partial charge in [-0.2, -0.15) is 18.4 Å². The van der Waals surface area contributed by atoms with E-state index in [-0.39, 0.29) is 11.4 Å². The zero-order valence-corrected chi connectivity index (χ0v) is 15.7. The van der Waals surface area contributed by atoms with Crippen LogP contribution in [0.2, 0.25) is 0 Å². The summed E-state index contributed by atoms with van der Waals surface area (Å²) < 4.78 is 45.2. The van der Waals surface area contributed by atoms with Crippen LogP contribution in [0.1, 0.15) is 23.1 Å². The Bertz CT molecular complexity index is 1070. The van der Waals surface area contributed by atoms with Gasteiger partial charge in [0.2, 0.25) is 5.91 Å². The predicted octanol–water partition coefficient (Wildman–Crippen LogP) is 5.94. The Balaban J connectivity index is 1.94. The van der Waals surface area contributed by atoms with Crippen LogP contribution in [0.3, 0.4) is 0 Å². The second-order valence-corrected chi connectivity index (χ2v) is 6.46. The molecule has 0 saturated heterocycles. The van der Waals surface area contributed by atoms with E-state index in [1.165, 1.54) is 0 Å². The number of carbonyl (C=O) groups excluding carboxylic acids is 1. The molecule has 3 rings (SSSR count). The molecule has 3 aromatic carbocycles. The summed E-state index contributed by atoms with van der Waals surface area (Å²) >= 11 is 0. The molecule has 0 fully saturated rings. The number of halogens is 3. The average molecular weight is 410 g/mol. The number of hydrogen-bond acceptors (Lipinski definition) is 3. The minimum absolute atomic E-state index is 0.0507. The van der Waals surface area contributed by atoms with E-state index in [4.69, 9.17) is 10.00 Å². The van der Waals surface area contributed by atoms with Crippen molar-refractivity contribution in [1.82, 2.24) is 0 Å². The molecule has 0 aliphatic carbocycles. The number of anilines is 1. The molecule has 30 heavy (non-hydrogen) atoms. The van der Waals surface area contributed by atoms with Gasteiger partial charge in [-0.25, -0.2) is 0 Å². The molecule has 152 valence electrons. The smallest absolute Gasteiger partial charge is 0.416 e. The molecule has 0 saturated carbocycles. The van der Waals surface area contributed by atoms with Crippen molar-refractivity contribution < 1.29 is 22.7 Å². The Morgan fingerprint density at radius 1 is 0.967 bits per heavy atom. The fourth-order valence-electron chi connectivity index (χ4n) is 2.84. The van der Waals surface area contributed by atoms with Crippen LogP contribution in [-0.2, 0) is 17.4 Å². The van der Waals surface area contributed by atoms with Gasteiger partial charge in [0.15, 0.2) is 5.75 Å². The first-order chi connectivity index (χ1) is 14.4. The van der Waals surface area contributed by atoms with Crippen molar-refractivity contribution in [2.24, 2.45) is 0 Å². The number of ether oxygens (including phenoxy) is 1. The van der Waals surface area contributed by atoms with E-state index in [0.717, 1.165) is 29.3 Å². The van der Waals surface area contributed by atoms with Crippen molar-refractivity contribution in [3.05, 3.63) is 89.5 Å². The van der Waals surface area contributed by atoms with Gasteiger partial charge in [0.1, 0.15) is 12.2 Å². The summed E-state index contributed by atoms with van der Waals surface area (Å²) in [6.45, 7) is 0. The molecule has 0 bridgehead atoms. The number of carbonyl (C=O) groups is 1. The highest BCUT2D eigenvalue weighted by molar-refractivity contribution is 5.93. The number of benzene rings is 3. The van der Waals surface area contributed by atoms with Crippen LogP contribution >= 0.6 is 0 Å². The summed E-state index contributed by atoms with van der Waals surface area (Å²) in [7, 11) is 0. The summed E-state index contributed by atoms with van der Waals surface area (Å²) in [5.74, 6) is -0.217. The highest BCUT2D eigenvalue weighted by atomic mass is 19.4. The second-order valence-electron chi connectivity index (χ2n) is 6.46. The van der Waals surface area contributed by atoms with Crippen molar-refractivity contribution in [2.45, 2.75) is 19.0 Å². The average Bonchev–Trinajstić information content (AvgIpc) is 2.71. The molecule has 1 amide bonds. The lowest BCUT2D eigenvalue weighted by atomic mass is 10.0. The van der Waals surface area contributed by atoms with Gasteiger partial charge >= 0.3 is 6.18 Å². The Morgan fingerprint density at radius 2 is 1.67 bits per heavy atom. The van der Waals surface area contributed by atoms with Crippen LogP contribution in [-0.4, -0.2) is 5.91 Å². The van der Waals surface area contributed by atoms with Crippen molar-refractivity contribution in [2.75, 3.05) is 5.32 Å². The Hall–Kier alpha value is -3.79. The molecular formula is C23H17F3N2O2. The van der Waals surface area contributed by atoms with Crippen LogP contribution in [0.4, 0.5) is 18.9 Å². The third kappa shape index (κ3) is 5.39. The number of rotatable bonds is 6. The van der Waals surface area contributed by atoms with E-state index in [0.29, 0.717) is 12.2 Å². The van der Waals surface area contributed by atoms with Crippen LogP contribution in [0.15, 0.2) is 72.8 Å². The summed E-state index contributed by atoms with van der Waals surface area (Å²) in [6.07, 6.45) is -4.51. The monoisotopic (exact) mass is 410 g/mol. The number of nitrogens with one attached hydrogen (secondary N) is 1. The molecule has 0 atom stereocenters. The molecule has 0 radical (unpaired) electrons. The van der Waals surface area contributed by atoms with Crippen LogP contribution in [0.5, 0.6) is 11.5 Å². The van der Waals surface area contributed by atoms with Gasteiger partial charge in [-0.3, -0.25) is 4.79 Å². The van der Waals surface area contributed by atoms with Crippen molar-refractivity contribution in [3.63, 3.8) is 0 Å². The Morgan fingerprint density at radius 3 is 2.37 bits per heavy atom. The van der Waals surface area contributed by atoms with Gasteiger partial charge in [0.25, 0.3) is 0 Å². The van der Waals surface area contributed by atoms with E-state index >= 15 is 0 Å². The number of nitrogens with zero attached hydrogens (tertiary/aromatic N) is 1. The number of hydrogen-bond donors (Lipinski definition) is 1. The minimum atomic E-state index is -4.58. The van der Waals surface area contributed by atoms with Crippen molar-refractivity contribution in [1.29, 1.82) is 5.26 Å². The highest BCUT2D eigenvalue weighted by Crippen LogP contribution is 2.38. The fraction of sp³-hybridized carbons (Fsp3) is 0.130. The van der Waals surface area contributed by atoms with Crippen molar-refractivity contribution in [3.8, 4) is 17.6 Å². The molecule has 3 aromatic rings. The molecule has 0 aromatic heterocycles. The lowest BCUT2D eigenvalue weighted by Gasteiger charge is -2.16. The summed E-state index contributed by atoms with van der Waals surface area (Å²) in [6, 6.07) is 21.3. The van der Waals surface area contributed by atoms with Gasteiger partial charge < -0.3 is 10.1 Å². The van der Waals surface area contributed by atoms with E-state index in [9.17, 15) is 18.0 Å². The molecule has 0 spiro atoms. The summed E-state index contributed by atoms with van der Waals surface area (Å²) in [5.41, 5.74) is 0.792. The van der Waals surface area contributed by atoms with Crippen molar-refractivity contribution >= 4 is 11.6 Å². The molecule has 7 heteroatoms. The molecular weight excluding hydrogens is 393 g/mol. The maximum Gasteiger partial charge on any atom is 0.416 e. The first kappa shape index (κ1) is 20.9. The standard InChI is InChI=1S/C23H17F3N2O2/c24-23(25,26)18-10-11-21(19(15-18)28-22(29)12-13-27)30-20-9-5-4-8-17(20)14-16-6-2-1-3-7-16/h1-11,15H,12,14H2,(H,28,29). The van der Waals surface area contributed by atoms with E-state index in [2.05, 4.69) is 5.32 Å². The lowest BCUT2D eigenvalue weighted by molar-refractivity contribution is -0.137. The number of para-hydroxylation sites is 1.